The lowest BCUT2D eigenvalue weighted by Crippen LogP contribution is -2.39. The van der Waals surface area contributed by atoms with Crippen molar-refractivity contribution in [2.45, 2.75) is 26.8 Å². The summed E-state index contributed by atoms with van der Waals surface area (Å²) in [5, 5.41) is 3.01. The van der Waals surface area contributed by atoms with Crippen molar-refractivity contribution in [3.05, 3.63) is 29.8 Å². The van der Waals surface area contributed by atoms with E-state index in [9.17, 15) is 4.79 Å². The van der Waals surface area contributed by atoms with Crippen LogP contribution in [0.5, 0.6) is 5.75 Å². The Kier molecular flexibility index (Phi) is 5.83. The number of amides is 1. The second-order valence-electron chi connectivity index (χ2n) is 5.09. The number of carbonyl (C=O) groups excluding carboxylic acids is 1. The number of methoxy groups -OCH3 is 1. The first kappa shape index (κ1) is 15.5. The fourth-order valence-corrected chi connectivity index (χ4v) is 2.00. The van der Waals surface area contributed by atoms with E-state index in [1.165, 1.54) is 0 Å². The molecule has 1 aromatic rings. The molecule has 106 valence electrons. The van der Waals surface area contributed by atoms with Gasteiger partial charge >= 0.3 is 0 Å². The van der Waals surface area contributed by atoms with E-state index in [2.05, 4.69) is 5.32 Å². The highest BCUT2D eigenvalue weighted by Crippen LogP contribution is 2.19. The number of carbonyl (C=O) groups is 1. The molecule has 1 rings (SSSR count). The minimum Gasteiger partial charge on any atom is -0.497 e. The second kappa shape index (κ2) is 7.14. The van der Waals surface area contributed by atoms with Gasteiger partial charge in [-0.15, -0.1) is 0 Å². The third kappa shape index (κ3) is 4.24. The van der Waals surface area contributed by atoms with Crippen LogP contribution in [0, 0.1) is 11.8 Å². The van der Waals surface area contributed by atoms with Gasteiger partial charge in [0.15, 0.2) is 0 Å². The van der Waals surface area contributed by atoms with Crippen molar-refractivity contribution in [1.29, 1.82) is 0 Å². The van der Waals surface area contributed by atoms with Crippen LogP contribution in [0.1, 0.15) is 32.4 Å². The first-order valence-electron chi connectivity index (χ1n) is 6.64. The molecule has 0 radical (unpaired) electrons. The Bertz CT molecular complexity index is 418. The molecule has 2 atom stereocenters. The van der Waals surface area contributed by atoms with Crippen molar-refractivity contribution in [3.8, 4) is 5.75 Å². The van der Waals surface area contributed by atoms with Crippen LogP contribution in [0.2, 0.25) is 0 Å². The van der Waals surface area contributed by atoms with Crippen LogP contribution < -0.4 is 15.8 Å². The van der Waals surface area contributed by atoms with Crippen molar-refractivity contribution in [2.75, 3.05) is 13.7 Å². The first-order valence-corrected chi connectivity index (χ1v) is 6.64. The van der Waals surface area contributed by atoms with Crippen molar-refractivity contribution in [2.24, 2.45) is 17.6 Å². The molecule has 1 amide bonds. The van der Waals surface area contributed by atoms with Gasteiger partial charge in [-0.2, -0.15) is 0 Å². The summed E-state index contributed by atoms with van der Waals surface area (Å²) < 4.78 is 5.18. The SMILES string of the molecule is COc1cccc(C(C)NC(=O)C(CN)C(C)C)c1. The van der Waals surface area contributed by atoms with E-state index >= 15 is 0 Å². The highest BCUT2D eigenvalue weighted by Gasteiger charge is 2.22. The average Bonchev–Trinajstić information content (AvgIpc) is 2.39. The van der Waals surface area contributed by atoms with Gasteiger partial charge in [-0.3, -0.25) is 4.79 Å². The standard InChI is InChI=1S/C15H24N2O2/c1-10(2)14(9-16)15(18)17-11(3)12-6-5-7-13(8-12)19-4/h5-8,10-11,14H,9,16H2,1-4H3,(H,17,18). The monoisotopic (exact) mass is 264 g/mol. The molecule has 0 heterocycles. The molecule has 0 bridgehead atoms. The Labute approximate surface area is 115 Å². The molecule has 19 heavy (non-hydrogen) atoms. The summed E-state index contributed by atoms with van der Waals surface area (Å²) in [7, 11) is 1.63. The van der Waals surface area contributed by atoms with Crippen molar-refractivity contribution in [1.82, 2.24) is 5.32 Å². The van der Waals surface area contributed by atoms with Gasteiger partial charge in [0.25, 0.3) is 0 Å². The van der Waals surface area contributed by atoms with Crippen LogP contribution in [0.4, 0.5) is 0 Å². The molecule has 0 aliphatic carbocycles. The zero-order valence-corrected chi connectivity index (χ0v) is 12.1. The second-order valence-corrected chi connectivity index (χ2v) is 5.09. The van der Waals surface area contributed by atoms with Crippen molar-refractivity contribution in [3.63, 3.8) is 0 Å². The minimum absolute atomic E-state index is 0.00724. The molecule has 2 unspecified atom stereocenters. The van der Waals surface area contributed by atoms with Gasteiger partial charge in [0.1, 0.15) is 5.75 Å². The number of ether oxygens (including phenoxy) is 1. The molecular formula is C15H24N2O2. The summed E-state index contributed by atoms with van der Waals surface area (Å²) in [6.45, 7) is 6.34. The normalized spacial score (nSPS) is 14.0. The Morgan fingerprint density at radius 1 is 1.37 bits per heavy atom. The maximum absolute atomic E-state index is 12.1. The number of nitrogens with one attached hydrogen (secondary N) is 1. The highest BCUT2D eigenvalue weighted by atomic mass is 16.5. The van der Waals surface area contributed by atoms with E-state index in [4.69, 9.17) is 10.5 Å². The summed E-state index contributed by atoms with van der Waals surface area (Å²) in [5.74, 6) is 0.890. The molecule has 0 fully saturated rings. The topological polar surface area (TPSA) is 64.3 Å². The van der Waals surface area contributed by atoms with E-state index in [1.807, 2.05) is 45.0 Å². The van der Waals surface area contributed by atoms with E-state index in [0.717, 1.165) is 11.3 Å². The van der Waals surface area contributed by atoms with Crippen molar-refractivity contribution < 1.29 is 9.53 Å². The molecule has 0 aromatic heterocycles. The lowest BCUT2D eigenvalue weighted by Gasteiger charge is -2.22. The molecule has 0 saturated heterocycles. The van der Waals surface area contributed by atoms with Gasteiger partial charge in [-0.25, -0.2) is 0 Å². The van der Waals surface area contributed by atoms with Gasteiger partial charge in [0.05, 0.1) is 19.1 Å². The third-order valence-electron chi connectivity index (χ3n) is 3.35. The predicted octanol–water partition coefficient (Wildman–Crippen LogP) is 2.10. The number of hydrogen-bond acceptors (Lipinski definition) is 3. The molecule has 0 aliphatic rings. The Morgan fingerprint density at radius 2 is 2.05 bits per heavy atom. The van der Waals surface area contributed by atoms with Gasteiger partial charge < -0.3 is 15.8 Å². The average molecular weight is 264 g/mol. The quantitative estimate of drug-likeness (QED) is 0.827. The van der Waals surface area contributed by atoms with Gasteiger partial charge in [-0.1, -0.05) is 26.0 Å². The highest BCUT2D eigenvalue weighted by molar-refractivity contribution is 5.79. The number of nitrogens with two attached hydrogens (primary N) is 1. The fraction of sp³-hybridized carbons (Fsp3) is 0.533. The van der Waals surface area contributed by atoms with Crippen LogP contribution >= 0.6 is 0 Å². The van der Waals surface area contributed by atoms with Gasteiger partial charge in [-0.05, 0) is 30.5 Å². The number of hydrogen-bond donors (Lipinski definition) is 2. The lowest BCUT2D eigenvalue weighted by molar-refractivity contribution is -0.126. The Balaban J connectivity index is 2.73. The van der Waals surface area contributed by atoms with E-state index < -0.39 is 0 Å². The van der Waals surface area contributed by atoms with Gasteiger partial charge in [0, 0.05) is 6.54 Å². The molecule has 0 saturated carbocycles. The first-order chi connectivity index (χ1) is 8.99. The van der Waals surface area contributed by atoms with Crippen LogP contribution in [-0.4, -0.2) is 19.6 Å². The van der Waals surface area contributed by atoms with E-state index in [0.29, 0.717) is 6.54 Å². The molecule has 1 aromatic carbocycles. The fourth-order valence-electron chi connectivity index (χ4n) is 2.00. The largest absolute Gasteiger partial charge is 0.497 e. The minimum atomic E-state index is -0.145. The van der Waals surface area contributed by atoms with E-state index in [1.54, 1.807) is 7.11 Å². The lowest BCUT2D eigenvalue weighted by atomic mass is 9.94. The van der Waals surface area contributed by atoms with Crippen LogP contribution in [0.25, 0.3) is 0 Å². The van der Waals surface area contributed by atoms with Crippen LogP contribution in [-0.2, 0) is 4.79 Å². The zero-order chi connectivity index (χ0) is 14.4. The number of rotatable bonds is 6. The molecule has 3 N–H and O–H groups in total. The summed E-state index contributed by atoms with van der Waals surface area (Å²) in [5.41, 5.74) is 6.67. The zero-order valence-electron chi connectivity index (χ0n) is 12.1. The Morgan fingerprint density at radius 3 is 2.58 bits per heavy atom. The van der Waals surface area contributed by atoms with Crippen LogP contribution in [0.15, 0.2) is 24.3 Å². The predicted molar refractivity (Wildman–Crippen MR) is 76.9 cm³/mol. The van der Waals surface area contributed by atoms with Crippen molar-refractivity contribution >= 4 is 5.91 Å². The Hall–Kier alpha value is -1.55. The third-order valence-corrected chi connectivity index (χ3v) is 3.35. The molecule has 4 nitrogen and oxygen atoms in total. The maximum Gasteiger partial charge on any atom is 0.225 e. The van der Waals surface area contributed by atoms with E-state index in [-0.39, 0.29) is 23.8 Å². The molecule has 0 aliphatic heterocycles. The molecular weight excluding hydrogens is 240 g/mol. The summed E-state index contributed by atoms with van der Waals surface area (Å²) in [6, 6.07) is 7.64. The van der Waals surface area contributed by atoms with Crippen LogP contribution in [0.3, 0.4) is 0 Å². The molecule has 0 spiro atoms. The summed E-state index contributed by atoms with van der Waals surface area (Å²) in [4.78, 5) is 12.1. The number of benzene rings is 1. The summed E-state index contributed by atoms with van der Waals surface area (Å²) in [6.07, 6.45) is 0. The maximum atomic E-state index is 12.1. The summed E-state index contributed by atoms with van der Waals surface area (Å²) >= 11 is 0. The molecule has 4 heteroatoms. The smallest absolute Gasteiger partial charge is 0.225 e. The van der Waals surface area contributed by atoms with Gasteiger partial charge in [0.2, 0.25) is 5.91 Å².